The Hall–Kier alpha value is -4.99. The number of nitrogens with one attached hydrogen (secondary N) is 1. The van der Waals surface area contributed by atoms with Crippen molar-refractivity contribution in [2.24, 2.45) is 0 Å². The van der Waals surface area contributed by atoms with E-state index < -0.39 is 11.7 Å². The molecule has 0 aliphatic rings. The Bertz CT molecular complexity index is 1730. The highest BCUT2D eigenvalue weighted by Gasteiger charge is 2.19. The molecule has 36 heavy (non-hydrogen) atoms. The first kappa shape index (κ1) is 22.8. The van der Waals surface area contributed by atoms with Gasteiger partial charge in [0.2, 0.25) is 0 Å². The quantitative estimate of drug-likeness (QED) is 0.340. The lowest BCUT2D eigenvalue weighted by molar-refractivity contribution is 0.102. The summed E-state index contributed by atoms with van der Waals surface area (Å²) in [6, 6.07) is 14.9. The van der Waals surface area contributed by atoms with E-state index >= 15 is 0 Å². The zero-order chi connectivity index (χ0) is 25.2. The van der Waals surface area contributed by atoms with Crippen molar-refractivity contribution in [2.75, 3.05) is 5.32 Å². The number of aromatic nitrogens is 4. The van der Waals surface area contributed by atoms with Gasteiger partial charge >= 0.3 is 0 Å². The van der Waals surface area contributed by atoms with Gasteiger partial charge < -0.3 is 0 Å². The lowest BCUT2D eigenvalue weighted by atomic mass is 9.96. The van der Waals surface area contributed by atoms with E-state index in [2.05, 4.69) is 37.2 Å². The summed E-state index contributed by atoms with van der Waals surface area (Å²) in [6.45, 7) is 1.79. The first-order chi connectivity index (χ1) is 17.4. The molecule has 0 spiro atoms. The fourth-order valence-corrected chi connectivity index (χ4v) is 4.42. The van der Waals surface area contributed by atoms with Crippen LogP contribution >= 0.6 is 11.3 Å². The molecule has 2 aromatic carbocycles. The van der Waals surface area contributed by atoms with E-state index in [0.29, 0.717) is 49.3 Å². The smallest absolute Gasteiger partial charge is 0.259 e. The number of amides is 1. The van der Waals surface area contributed by atoms with Gasteiger partial charge in [-0.25, -0.2) is 14.4 Å². The van der Waals surface area contributed by atoms with Crippen molar-refractivity contribution in [1.82, 2.24) is 19.9 Å². The van der Waals surface area contributed by atoms with E-state index in [0.717, 1.165) is 5.56 Å². The maximum absolute atomic E-state index is 13.7. The van der Waals surface area contributed by atoms with Gasteiger partial charge in [-0.15, -0.1) is 6.42 Å². The van der Waals surface area contributed by atoms with Gasteiger partial charge in [0, 0.05) is 23.0 Å². The van der Waals surface area contributed by atoms with Crippen LogP contribution in [0, 0.1) is 36.4 Å². The molecule has 0 atom stereocenters. The molecular formula is C27H15FN6OS. The topological polar surface area (TPSA) is 104 Å². The van der Waals surface area contributed by atoms with Crippen molar-refractivity contribution in [2.45, 2.75) is 6.92 Å². The predicted octanol–water partition coefficient (Wildman–Crippen LogP) is 5.37. The van der Waals surface area contributed by atoms with E-state index in [1.165, 1.54) is 29.7 Å². The van der Waals surface area contributed by atoms with Crippen LogP contribution in [0.2, 0.25) is 0 Å². The molecule has 1 amide bonds. The first-order valence-corrected chi connectivity index (χ1v) is 11.5. The molecule has 0 saturated carbocycles. The average molecular weight is 491 g/mol. The van der Waals surface area contributed by atoms with Crippen LogP contribution in [-0.4, -0.2) is 25.8 Å². The summed E-state index contributed by atoms with van der Waals surface area (Å²) in [5.41, 5.74) is 4.73. The third-order valence-corrected chi connectivity index (χ3v) is 6.22. The van der Waals surface area contributed by atoms with Crippen LogP contribution in [0.25, 0.3) is 32.9 Å². The van der Waals surface area contributed by atoms with E-state index in [-0.39, 0.29) is 5.56 Å². The van der Waals surface area contributed by atoms with Gasteiger partial charge in [0.1, 0.15) is 5.82 Å². The number of carbonyl (C=O) groups excluding carboxylic acids is 1. The fourth-order valence-electron chi connectivity index (χ4n) is 3.63. The Kier molecular flexibility index (Phi) is 5.91. The Morgan fingerprint density at radius 2 is 1.86 bits per heavy atom. The van der Waals surface area contributed by atoms with Crippen LogP contribution in [0.1, 0.15) is 27.2 Å². The summed E-state index contributed by atoms with van der Waals surface area (Å²) in [7, 11) is 0. The summed E-state index contributed by atoms with van der Waals surface area (Å²) >= 11 is 1.18. The Labute approximate surface area is 209 Å². The van der Waals surface area contributed by atoms with Crippen LogP contribution in [-0.2, 0) is 0 Å². The Balaban J connectivity index is 1.47. The van der Waals surface area contributed by atoms with Crippen molar-refractivity contribution in [1.29, 1.82) is 5.26 Å². The largest absolute Gasteiger partial charge is 0.298 e. The van der Waals surface area contributed by atoms with E-state index in [1.807, 2.05) is 0 Å². The van der Waals surface area contributed by atoms with Gasteiger partial charge in [0.05, 0.1) is 29.1 Å². The lowest BCUT2D eigenvalue weighted by Gasteiger charge is -2.12. The zero-order valence-corrected chi connectivity index (χ0v) is 19.6. The number of thiazole rings is 1. The number of hydrogen-bond donors (Lipinski definition) is 1. The number of fused-ring (bicyclic) bond motifs is 1. The molecule has 0 unspecified atom stereocenters. The molecule has 5 rings (SSSR count). The summed E-state index contributed by atoms with van der Waals surface area (Å²) in [5, 5.41) is 12.1. The Morgan fingerprint density at radius 3 is 2.61 bits per heavy atom. The van der Waals surface area contributed by atoms with Crippen LogP contribution in [0.5, 0.6) is 0 Å². The number of nitriles is 1. The number of anilines is 1. The number of halogens is 1. The molecule has 3 aromatic heterocycles. The monoisotopic (exact) mass is 490 g/mol. The predicted molar refractivity (Wildman–Crippen MR) is 136 cm³/mol. The standard InChI is InChI=1S/C27H15FN6OS/c1-3-17-11-19(28)8-9-20(17)21-10-15(2)30-13-22(21)25(35)34-27-33-24-26(36-27)32-23(14-31-24)18-6-4-16(12-29)5-7-18/h1,4-11,13-14H,2H3,(H,31,33,34,35). The number of hydrogen-bond acceptors (Lipinski definition) is 7. The summed E-state index contributed by atoms with van der Waals surface area (Å²) in [6.07, 6.45) is 8.63. The second-order valence-corrected chi connectivity index (χ2v) is 8.73. The SMILES string of the molecule is C#Cc1cc(F)ccc1-c1cc(C)ncc1C(=O)Nc1nc2ncc(-c3ccc(C#N)cc3)nc2s1. The number of rotatable bonds is 4. The normalized spacial score (nSPS) is 10.6. The van der Waals surface area contributed by atoms with Gasteiger partial charge in [0.15, 0.2) is 15.6 Å². The van der Waals surface area contributed by atoms with Crippen molar-refractivity contribution >= 4 is 32.9 Å². The highest BCUT2D eigenvalue weighted by atomic mass is 32.1. The highest BCUT2D eigenvalue weighted by molar-refractivity contribution is 7.21. The minimum absolute atomic E-state index is 0.266. The van der Waals surface area contributed by atoms with E-state index in [1.54, 1.807) is 49.5 Å². The molecule has 3 heterocycles. The summed E-state index contributed by atoms with van der Waals surface area (Å²) in [5.74, 6) is 1.57. The third-order valence-electron chi connectivity index (χ3n) is 5.37. The van der Waals surface area contributed by atoms with Gasteiger partial charge in [-0.3, -0.25) is 15.1 Å². The number of benzene rings is 2. The molecule has 0 bridgehead atoms. The number of terminal acetylenes is 1. The minimum atomic E-state index is -0.460. The van der Waals surface area contributed by atoms with Gasteiger partial charge in [-0.05, 0) is 48.4 Å². The summed E-state index contributed by atoms with van der Waals surface area (Å²) in [4.78, 5) is 31.4. The molecular weight excluding hydrogens is 475 g/mol. The van der Waals surface area contributed by atoms with E-state index in [9.17, 15) is 9.18 Å². The van der Waals surface area contributed by atoms with Crippen LogP contribution < -0.4 is 5.32 Å². The fraction of sp³-hybridized carbons (Fsp3) is 0.0370. The first-order valence-electron chi connectivity index (χ1n) is 10.6. The van der Waals surface area contributed by atoms with Crippen molar-refractivity contribution in [3.63, 3.8) is 0 Å². The molecule has 9 heteroatoms. The Morgan fingerprint density at radius 1 is 1.06 bits per heavy atom. The molecule has 0 aliphatic carbocycles. The van der Waals surface area contributed by atoms with Crippen LogP contribution in [0.4, 0.5) is 9.52 Å². The number of pyridine rings is 1. The molecule has 7 nitrogen and oxygen atoms in total. The number of carbonyl (C=O) groups is 1. The highest BCUT2D eigenvalue weighted by Crippen LogP contribution is 2.30. The molecule has 0 saturated heterocycles. The molecule has 0 radical (unpaired) electrons. The second kappa shape index (κ2) is 9.34. The molecule has 172 valence electrons. The summed E-state index contributed by atoms with van der Waals surface area (Å²) < 4.78 is 13.7. The van der Waals surface area contributed by atoms with Crippen molar-refractivity contribution in [3.8, 4) is 40.8 Å². The van der Waals surface area contributed by atoms with Gasteiger partial charge in [-0.1, -0.05) is 35.5 Å². The maximum Gasteiger partial charge on any atom is 0.259 e. The second-order valence-electron chi connectivity index (χ2n) is 7.75. The molecule has 1 N–H and O–H groups in total. The molecule has 0 aliphatic heterocycles. The van der Waals surface area contributed by atoms with Crippen molar-refractivity contribution in [3.05, 3.63) is 89.1 Å². The third kappa shape index (κ3) is 4.39. The minimum Gasteiger partial charge on any atom is -0.298 e. The maximum atomic E-state index is 13.7. The van der Waals surface area contributed by atoms with E-state index in [4.69, 9.17) is 11.7 Å². The number of nitrogens with zero attached hydrogens (tertiary/aromatic N) is 5. The molecule has 0 fully saturated rings. The number of aryl methyl sites for hydroxylation is 1. The van der Waals surface area contributed by atoms with Crippen LogP contribution in [0.15, 0.2) is 60.9 Å². The van der Waals surface area contributed by atoms with Crippen LogP contribution in [0.3, 0.4) is 0 Å². The molecule has 5 aromatic rings. The van der Waals surface area contributed by atoms with Gasteiger partial charge in [-0.2, -0.15) is 10.2 Å². The lowest BCUT2D eigenvalue weighted by Crippen LogP contribution is -2.14. The van der Waals surface area contributed by atoms with Crippen molar-refractivity contribution < 1.29 is 9.18 Å². The van der Waals surface area contributed by atoms with Gasteiger partial charge in [0.25, 0.3) is 5.91 Å². The average Bonchev–Trinajstić information content (AvgIpc) is 3.30. The zero-order valence-electron chi connectivity index (χ0n) is 18.8.